The minimum atomic E-state index is -0.574. The molecule has 2 amide bonds. The van der Waals surface area contributed by atoms with Crippen LogP contribution in [-0.2, 0) is 4.74 Å². The van der Waals surface area contributed by atoms with Gasteiger partial charge in [0.1, 0.15) is 0 Å². The van der Waals surface area contributed by atoms with Crippen molar-refractivity contribution in [3.8, 4) is 17.3 Å². The van der Waals surface area contributed by atoms with E-state index in [4.69, 9.17) is 9.47 Å². The maximum Gasteiger partial charge on any atom is 0.410 e. The summed E-state index contributed by atoms with van der Waals surface area (Å²) in [6.07, 6.45) is 1.96. The number of methoxy groups -OCH3 is 1. The molecule has 2 aliphatic rings. The highest BCUT2D eigenvalue weighted by Crippen LogP contribution is 2.32. The number of likely N-dealkylation sites (N-methyl/N-ethyl adjacent to an activating group) is 1. The first-order valence-electron chi connectivity index (χ1n) is 8.71. The maximum absolute atomic E-state index is 12.8. The molecule has 2 saturated heterocycles. The number of likely N-dealkylation sites (tertiary alicyclic amines) is 1. The van der Waals surface area contributed by atoms with Crippen LogP contribution in [0, 0.1) is 0 Å². The predicted molar refractivity (Wildman–Crippen MR) is 96.4 cm³/mol. The van der Waals surface area contributed by atoms with Gasteiger partial charge in [0.25, 0.3) is 5.91 Å². The Balaban J connectivity index is 1.48. The smallest absolute Gasteiger partial charge is 0.410 e. The average Bonchev–Trinajstić information content (AvgIpc) is 3.23. The summed E-state index contributed by atoms with van der Waals surface area (Å²) in [6.45, 7) is 1.51. The zero-order valence-electron chi connectivity index (χ0n) is 15.2. The van der Waals surface area contributed by atoms with E-state index in [1.54, 1.807) is 48.4 Å². The van der Waals surface area contributed by atoms with E-state index in [-0.39, 0.29) is 12.0 Å². The Morgan fingerprint density at radius 3 is 2.67 bits per heavy atom. The molecule has 1 spiro atoms. The van der Waals surface area contributed by atoms with Crippen molar-refractivity contribution in [3.63, 3.8) is 0 Å². The molecule has 0 bridgehead atoms. The van der Waals surface area contributed by atoms with E-state index >= 15 is 0 Å². The number of aromatic nitrogens is 2. The predicted octanol–water partition coefficient (Wildman–Crippen LogP) is 1.82. The zero-order valence-corrected chi connectivity index (χ0v) is 15.2. The van der Waals surface area contributed by atoms with E-state index in [1.807, 2.05) is 12.1 Å². The molecule has 2 aliphatic heterocycles. The molecule has 27 heavy (non-hydrogen) atoms. The SMILES string of the molecule is COc1ccnc(-c2ccc(C(=O)N3CC[C@@]4(CN(C)C(=O)O4)C3)cc2)n1. The Morgan fingerprint density at radius 2 is 2.00 bits per heavy atom. The fraction of sp³-hybridized carbons (Fsp3) is 0.368. The Hall–Kier alpha value is -3.16. The number of carbonyl (C=O) groups is 2. The van der Waals surface area contributed by atoms with Gasteiger partial charge in [-0.2, -0.15) is 4.98 Å². The van der Waals surface area contributed by atoms with Crippen LogP contribution in [0.3, 0.4) is 0 Å². The molecular formula is C19H20N4O4. The Morgan fingerprint density at radius 1 is 1.22 bits per heavy atom. The minimum absolute atomic E-state index is 0.0735. The van der Waals surface area contributed by atoms with Crippen molar-refractivity contribution in [1.29, 1.82) is 0 Å². The van der Waals surface area contributed by atoms with Crippen LogP contribution < -0.4 is 4.74 Å². The van der Waals surface area contributed by atoms with Crippen molar-refractivity contribution in [3.05, 3.63) is 42.1 Å². The molecular weight excluding hydrogens is 348 g/mol. The molecule has 8 nitrogen and oxygen atoms in total. The molecule has 0 saturated carbocycles. The second kappa shape index (κ2) is 6.53. The molecule has 1 aromatic heterocycles. The van der Waals surface area contributed by atoms with Crippen molar-refractivity contribution < 1.29 is 19.1 Å². The third kappa shape index (κ3) is 3.18. The van der Waals surface area contributed by atoms with Gasteiger partial charge in [-0.3, -0.25) is 4.79 Å². The van der Waals surface area contributed by atoms with E-state index in [1.165, 1.54) is 0 Å². The second-order valence-electron chi connectivity index (χ2n) is 6.88. The van der Waals surface area contributed by atoms with Crippen molar-refractivity contribution in [2.45, 2.75) is 12.0 Å². The topological polar surface area (TPSA) is 84.9 Å². The summed E-state index contributed by atoms with van der Waals surface area (Å²) in [5.41, 5.74) is 0.807. The van der Waals surface area contributed by atoms with Crippen LogP contribution >= 0.6 is 0 Å². The summed E-state index contributed by atoms with van der Waals surface area (Å²) >= 11 is 0. The highest BCUT2D eigenvalue weighted by molar-refractivity contribution is 5.95. The van der Waals surface area contributed by atoms with Crippen LogP contribution in [0.5, 0.6) is 5.88 Å². The molecule has 140 valence electrons. The standard InChI is InChI=1S/C19H20N4O4/c1-22-11-19(27-18(22)25)8-10-23(12-19)17(24)14-5-3-13(4-6-14)16-20-9-7-15(21-16)26-2/h3-7,9H,8,10-12H2,1-2H3/t19-/m1/s1. The van der Waals surface area contributed by atoms with E-state index < -0.39 is 5.60 Å². The van der Waals surface area contributed by atoms with Gasteiger partial charge in [0, 0.05) is 43.4 Å². The Labute approximate surface area is 156 Å². The molecule has 0 radical (unpaired) electrons. The highest BCUT2D eigenvalue weighted by Gasteiger charge is 2.49. The van der Waals surface area contributed by atoms with Gasteiger partial charge in [-0.25, -0.2) is 9.78 Å². The first-order valence-corrected chi connectivity index (χ1v) is 8.71. The normalized spacial score (nSPS) is 21.6. The van der Waals surface area contributed by atoms with E-state index in [0.29, 0.717) is 43.3 Å². The molecule has 1 aromatic carbocycles. The van der Waals surface area contributed by atoms with Gasteiger partial charge in [-0.1, -0.05) is 12.1 Å². The van der Waals surface area contributed by atoms with Crippen LogP contribution in [0.25, 0.3) is 11.4 Å². The Kier molecular flexibility index (Phi) is 4.18. The van der Waals surface area contributed by atoms with Gasteiger partial charge in [0.2, 0.25) is 5.88 Å². The van der Waals surface area contributed by atoms with Gasteiger partial charge in [0.15, 0.2) is 11.4 Å². The first kappa shape index (κ1) is 17.3. The lowest BCUT2D eigenvalue weighted by molar-refractivity contribution is 0.0553. The van der Waals surface area contributed by atoms with E-state index in [0.717, 1.165) is 5.56 Å². The van der Waals surface area contributed by atoms with Crippen molar-refractivity contribution >= 4 is 12.0 Å². The summed E-state index contributed by atoms with van der Waals surface area (Å²) < 4.78 is 10.6. The van der Waals surface area contributed by atoms with Gasteiger partial charge in [-0.15, -0.1) is 0 Å². The lowest BCUT2D eigenvalue weighted by Crippen LogP contribution is -2.39. The number of nitrogens with zero attached hydrogens (tertiary/aromatic N) is 4. The monoisotopic (exact) mass is 368 g/mol. The lowest BCUT2D eigenvalue weighted by Gasteiger charge is -2.21. The number of carbonyl (C=O) groups excluding carboxylic acids is 2. The molecule has 0 N–H and O–H groups in total. The zero-order chi connectivity index (χ0) is 19.0. The van der Waals surface area contributed by atoms with Crippen molar-refractivity contribution in [1.82, 2.24) is 19.8 Å². The van der Waals surface area contributed by atoms with Crippen LogP contribution in [0.1, 0.15) is 16.8 Å². The number of hydrogen-bond acceptors (Lipinski definition) is 6. The Bertz CT molecular complexity index is 886. The minimum Gasteiger partial charge on any atom is -0.481 e. The summed E-state index contributed by atoms with van der Waals surface area (Å²) in [5, 5.41) is 0. The second-order valence-corrected chi connectivity index (χ2v) is 6.88. The summed E-state index contributed by atoms with van der Waals surface area (Å²) in [4.78, 5) is 36.3. The van der Waals surface area contributed by atoms with Crippen molar-refractivity contribution in [2.24, 2.45) is 0 Å². The largest absolute Gasteiger partial charge is 0.481 e. The van der Waals surface area contributed by atoms with Crippen LogP contribution in [-0.4, -0.2) is 71.2 Å². The molecule has 4 rings (SSSR count). The number of hydrogen-bond donors (Lipinski definition) is 0. The van der Waals surface area contributed by atoms with E-state index in [2.05, 4.69) is 9.97 Å². The van der Waals surface area contributed by atoms with Gasteiger partial charge >= 0.3 is 6.09 Å². The molecule has 2 fully saturated rings. The number of ether oxygens (including phenoxy) is 2. The average molecular weight is 368 g/mol. The summed E-state index contributed by atoms with van der Waals surface area (Å²) in [7, 11) is 3.26. The molecule has 8 heteroatoms. The number of benzene rings is 1. The molecule has 1 atom stereocenters. The lowest BCUT2D eigenvalue weighted by atomic mass is 10.0. The first-order chi connectivity index (χ1) is 13.0. The molecule has 2 aromatic rings. The van der Waals surface area contributed by atoms with Crippen LogP contribution in [0.15, 0.2) is 36.5 Å². The molecule has 0 aliphatic carbocycles. The summed E-state index contributed by atoms with van der Waals surface area (Å²) in [5.74, 6) is 0.948. The number of amides is 2. The van der Waals surface area contributed by atoms with Gasteiger partial charge in [-0.05, 0) is 12.1 Å². The maximum atomic E-state index is 12.8. The highest BCUT2D eigenvalue weighted by atomic mass is 16.6. The van der Waals surface area contributed by atoms with E-state index in [9.17, 15) is 9.59 Å². The van der Waals surface area contributed by atoms with Crippen molar-refractivity contribution in [2.75, 3.05) is 33.8 Å². The quantitative estimate of drug-likeness (QED) is 0.822. The third-order valence-electron chi connectivity index (χ3n) is 4.97. The van der Waals surface area contributed by atoms with Gasteiger partial charge < -0.3 is 19.3 Å². The fourth-order valence-electron chi connectivity index (χ4n) is 3.56. The molecule has 0 unspecified atom stereocenters. The van der Waals surface area contributed by atoms with Crippen LogP contribution in [0.4, 0.5) is 4.79 Å². The third-order valence-corrected chi connectivity index (χ3v) is 4.97. The van der Waals surface area contributed by atoms with Gasteiger partial charge in [0.05, 0.1) is 20.2 Å². The van der Waals surface area contributed by atoms with Crippen LogP contribution in [0.2, 0.25) is 0 Å². The number of rotatable bonds is 3. The fourth-order valence-corrected chi connectivity index (χ4v) is 3.56. The molecule has 3 heterocycles. The summed E-state index contributed by atoms with van der Waals surface area (Å²) in [6, 6.07) is 8.84.